The van der Waals surface area contributed by atoms with Crippen molar-refractivity contribution in [1.82, 2.24) is 10.6 Å². The van der Waals surface area contributed by atoms with Gasteiger partial charge in [0.05, 0.1) is 19.8 Å². The molecule has 168 valence electrons. The summed E-state index contributed by atoms with van der Waals surface area (Å²) in [6.45, 7) is 6.26. The van der Waals surface area contributed by atoms with E-state index in [0.29, 0.717) is 55.7 Å². The molecule has 7 nitrogen and oxygen atoms in total. The summed E-state index contributed by atoms with van der Waals surface area (Å²) in [7, 11) is 0. The Kier molecular flexibility index (Phi) is 9.83. The molecule has 2 aromatic rings. The van der Waals surface area contributed by atoms with Crippen LogP contribution in [-0.4, -0.2) is 44.7 Å². The van der Waals surface area contributed by atoms with Gasteiger partial charge in [-0.1, -0.05) is 6.07 Å². The molecule has 0 atom stereocenters. The molecule has 1 aliphatic heterocycles. The fourth-order valence-corrected chi connectivity index (χ4v) is 2.86. The molecule has 1 amide bonds. The lowest BCUT2D eigenvalue weighted by molar-refractivity contribution is 0.0954. The predicted octanol–water partition coefficient (Wildman–Crippen LogP) is 3.72. The van der Waals surface area contributed by atoms with Crippen molar-refractivity contribution in [1.29, 1.82) is 0 Å². The lowest BCUT2D eigenvalue weighted by Crippen LogP contribution is -2.32. The van der Waals surface area contributed by atoms with Crippen molar-refractivity contribution in [2.75, 3.05) is 38.2 Å². The van der Waals surface area contributed by atoms with Crippen molar-refractivity contribution >= 4 is 41.5 Å². The highest BCUT2D eigenvalue weighted by molar-refractivity contribution is 14.0. The van der Waals surface area contributed by atoms with E-state index in [1.165, 1.54) is 6.07 Å². The number of nitrogens with one attached hydrogen (secondary N) is 3. The molecule has 0 fully saturated rings. The molecule has 0 bridgehead atoms. The smallest absolute Gasteiger partial charge is 0.251 e. The van der Waals surface area contributed by atoms with Crippen molar-refractivity contribution in [3.63, 3.8) is 0 Å². The Bertz CT molecular complexity index is 924. The van der Waals surface area contributed by atoms with Gasteiger partial charge in [0.2, 0.25) is 0 Å². The number of aliphatic imine (C=N–C) groups is 1. The van der Waals surface area contributed by atoms with E-state index in [9.17, 15) is 9.18 Å². The number of carbonyl (C=O) groups is 1. The van der Waals surface area contributed by atoms with Crippen LogP contribution in [0.4, 0.5) is 10.1 Å². The fourth-order valence-electron chi connectivity index (χ4n) is 2.86. The van der Waals surface area contributed by atoms with Crippen molar-refractivity contribution in [3.05, 3.63) is 53.3 Å². The number of hydrogen-bond donors (Lipinski definition) is 3. The molecule has 0 saturated heterocycles. The maximum atomic E-state index is 13.6. The van der Waals surface area contributed by atoms with Crippen LogP contribution in [0.2, 0.25) is 0 Å². The number of benzene rings is 2. The first-order valence-corrected chi connectivity index (χ1v) is 10.1. The molecule has 0 spiro atoms. The van der Waals surface area contributed by atoms with Crippen molar-refractivity contribution in [2.45, 2.75) is 20.3 Å². The minimum Gasteiger partial charge on any atom is -0.490 e. The van der Waals surface area contributed by atoms with Gasteiger partial charge in [-0.15, -0.1) is 24.0 Å². The topological polar surface area (TPSA) is 84.0 Å². The summed E-state index contributed by atoms with van der Waals surface area (Å²) in [5, 5.41) is 9.14. The molecule has 1 aliphatic rings. The number of halogens is 2. The van der Waals surface area contributed by atoms with Gasteiger partial charge in [-0.05, 0) is 43.7 Å². The molecule has 1 heterocycles. The first kappa shape index (κ1) is 24.7. The summed E-state index contributed by atoms with van der Waals surface area (Å²) >= 11 is 0. The molecule has 0 saturated carbocycles. The number of hydrogen-bond acceptors (Lipinski definition) is 4. The summed E-state index contributed by atoms with van der Waals surface area (Å²) < 4.78 is 25.0. The maximum Gasteiger partial charge on any atom is 0.251 e. The Morgan fingerprint density at radius 1 is 1.10 bits per heavy atom. The van der Waals surface area contributed by atoms with Gasteiger partial charge >= 0.3 is 0 Å². The Labute approximate surface area is 198 Å². The predicted molar refractivity (Wildman–Crippen MR) is 131 cm³/mol. The number of nitrogens with zero attached hydrogens (tertiary/aromatic N) is 1. The molecule has 0 unspecified atom stereocenters. The van der Waals surface area contributed by atoms with Gasteiger partial charge in [-0.3, -0.25) is 9.79 Å². The first-order chi connectivity index (χ1) is 14.6. The molecule has 3 N–H and O–H groups in total. The van der Waals surface area contributed by atoms with E-state index >= 15 is 0 Å². The molecule has 0 radical (unpaired) electrons. The van der Waals surface area contributed by atoms with Gasteiger partial charge < -0.3 is 25.4 Å². The second kappa shape index (κ2) is 12.3. The molecule has 9 heteroatoms. The van der Waals surface area contributed by atoms with E-state index in [2.05, 4.69) is 20.9 Å². The number of fused-ring (bicyclic) bond motifs is 1. The first-order valence-electron chi connectivity index (χ1n) is 10.1. The molecule has 0 aliphatic carbocycles. The van der Waals surface area contributed by atoms with Crippen molar-refractivity contribution in [2.24, 2.45) is 4.99 Å². The Morgan fingerprint density at radius 3 is 2.61 bits per heavy atom. The Morgan fingerprint density at radius 2 is 1.87 bits per heavy atom. The van der Waals surface area contributed by atoms with Gasteiger partial charge in [0, 0.05) is 36.8 Å². The lowest BCUT2D eigenvalue weighted by Gasteiger charge is -2.14. The van der Waals surface area contributed by atoms with Gasteiger partial charge in [0.15, 0.2) is 17.5 Å². The SMILES string of the molecule is CCNC(=NCCNC(=O)c1ccc(C)c(F)c1)Nc1ccc2c(c1)OCCCO2.I. The standard InChI is InChI=1S/C22H27FN4O3.HI/c1-3-24-22(27-17-7-8-19-20(14-17)30-12-4-11-29-19)26-10-9-25-21(28)16-6-5-15(2)18(23)13-16;/h5-8,13-14H,3-4,9-12H2,1-2H3,(H,25,28)(H2,24,26,27);1H. The van der Waals surface area contributed by atoms with E-state index in [-0.39, 0.29) is 29.9 Å². The summed E-state index contributed by atoms with van der Waals surface area (Å²) in [6, 6.07) is 10.1. The fraction of sp³-hybridized carbons (Fsp3) is 0.364. The van der Waals surface area contributed by atoms with E-state index in [1.807, 2.05) is 25.1 Å². The summed E-state index contributed by atoms with van der Waals surface area (Å²) in [5.41, 5.74) is 1.62. The third-order valence-corrected chi connectivity index (χ3v) is 4.46. The highest BCUT2D eigenvalue weighted by Crippen LogP contribution is 2.32. The van der Waals surface area contributed by atoms with Gasteiger partial charge in [-0.2, -0.15) is 0 Å². The van der Waals surface area contributed by atoms with Crippen LogP contribution in [0.1, 0.15) is 29.3 Å². The van der Waals surface area contributed by atoms with Gasteiger partial charge in [0.25, 0.3) is 5.91 Å². The van der Waals surface area contributed by atoms with E-state index in [4.69, 9.17) is 9.47 Å². The van der Waals surface area contributed by atoms with Crippen LogP contribution in [0.5, 0.6) is 11.5 Å². The van der Waals surface area contributed by atoms with Crippen LogP contribution in [0.25, 0.3) is 0 Å². The van der Waals surface area contributed by atoms with Crippen LogP contribution in [0.15, 0.2) is 41.4 Å². The van der Waals surface area contributed by atoms with E-state index in [0.717, 1.165) is 17.9 Å². The number of rotatable bonds is 6. The van der Waals surface area contributed by atoms with Crippen LogP contribution in [0.3, 0.4) is 0 Å². The van der Waals surface area contributed by atoms with E-state index in [1.54, 1.807) is 19.1 Å². The molecule has 0 aromatic heterocycles. The monoisotopic (exact) mass is 542 g/mol. The molecule has 3 rings (SSSR count). The Balaban J connectivity index is 0.00000341. The number of amides is 1. The minimum atomic E-state index is -0.394. The quantitative estimate of drug-likeness (QED) is 0.224. The second-order valence-electron chi connectivity index (χ2n) is 6.82. The van der Waals surface area contributed by atoms with Crippen LogP contribution in [-0.2, 0) is 0 Å². The van der Waals surface area contributed by atoms with Crippen LogP contribution in [0, 0.1) is 12.7 Å². The second-order valence-corrected chi connectivity index (χ2v) is 6.82. The number of aryl methyl sites for hydroxylation is 1. The number of ether oxygens (including phenoxy) is 2. The largest absolute Gasteiger partial charge is 0.490 e. The maximum absolute atomic E-state index is 13.6. The highest BCUT2D eigenvalue weighted by Gasteiger charge is 2.11. The summed E-state index contributed by atoms with van der Waals surface area (Å²) in [4.78, 5) is 16.6. The third-order valence-electron chi connectivity index (χ3n) is 4.46. The number of anilines is 1. The Hall–Kier alpha value is -2.56. The molecular weight excluding hydrogens is 514 g/mol. The zero-order valence-electron chi connectivity index (χ0n) is 17.7. The number of carbonyl (C=O) groups excluding carboxylic acids is 1. The minimum absolute atomic E-state index is 0. The average Bonchev–Trinajstić information content (AvgIpc) is 2.98. The van der Waals surface area contributed by atoms with Gasteiger partial charge in [0.1, 0.15) is 5.82 Å². The normalized spacial score (nSPS) is 12.9. The highest BCUT2D eigenvalue weighted by atomic mass is 127. The number of guanidine groups is 1. The summed E-state index contributed by atoms with van der Waals surface area (Å²) in [5.74, 6) is 1.29. The summed E-state index contributed by atoms with van der Waals surface area (Å²) in [6.07, 6.45) is 0.850. The molecular formula is C22H28FIN4O3. The van der Waals surface area contributed by atoms with Crippen LogP contribution >= 0.6 is 24.0 Å². The van der Waals surface area contributed by atoms with E-state index < -0.39 is 5.82 Å². The van der Waals surface area contributed by atoms with Crippen LogP contribution < -0.4 is 25.4 Å². The zero-order valence-corrected chi connectivity index (χ0v) is 20.0. The van der Waals surface area contributed by atoms with Crippen molar-refractivity contribution in [3.8, 4) is 11.5 Å². The molecule has 2 aromatic carbocycles. The molecule has 31 heavy (non-hydrogen) atoms. The third kappa shape index (κ3) is 7.27. The zero-order chi connectivity index (χ0) is 21.3. The lowest BCUT2D eigenvalue weighted by atomic mass is 10.1. The average molecular weight is 542 g/mol. The van der Waals surface area contributed by atoms with Gasteiger partial charge in [-0.25, -0.2) is 4.39 Å². The van der Waals surface area contributed by atoms with Crippen molar-refractivity contribution < 1.29 is 18.7 Å².